The van der Waals surface area contributed by atoms with E-state index in [1.807, 2.05) is 32.0 Å². The van der Waals surface area contributed by atoms with Crippen LogP contribution in [0.2, 0.25) is 0 Å². The Morgan fingerprint density at radius 1 is 1.32 bits per heavy atom. The number of rotatable bonds is 7. The standard InChI is InChI=1S/C22H21BrIN3O4/c1-4-12(2)20-26-18-7-6-15(23)10-16(18)21(28)27(20)25-11-14-5-8-19(17(24)9-14)31-13(3)22(29)30/h5-13H,4H2,1-3H3,(H,29,30)/t12-,13-/m1/s1. The van der Waals surface area contributed by atoms with Gasteiger partial charge in [0.05, 0.1) is 20.7 Å². The second-order valence-corrected chi connectivity index (χ2v) is 9.17. The number of hydrogen-bond acceptors (Lipinski definition) is 5. The van der Waals surface area contributed by atoms with Crippen LogP contribution in [0, 0.1) is 3.57 Å². The summed E-state index contributed by atoms with van der Waals surface area (Å²) in [6.07, 6.45) is 1.45. The first-order valence-electron chi connectivity index (χ1n) is 9.66. The average Bonchev–Trinajstić information content (AvgIpc) is 2.74. The van der Waals surface area contributed by atoms with Crippen LogP contribution in [0.4, 0.5) is 0 Å². The largest absolute Gasteiger partial charge is 0.479 e. The quantitative estimate of drug-likeness (QED) is 0.305. The third-order valence-electron chi connectivity index (χ3n) is 4.82. The van der Waals surface area contributed by atoms with Crippen LogP contribution in [0.3, 0.4) is 0 Å². The molecule has 1 heterocycles. The van der Waals surface area contributed by atoms with E-state index in [1.165, 1.54) is 11.6 Å². The molecule has 0 amide bonds. The van der Waals surface area contributed by atoms with Crippen molar-refractivity contribution in [1.29, 1.82) is 0 Å². The third-order valence-corrected chi connectivity index (χ3v) is 6.15. The van der Waals surface area contributed by atoms with E-state index in [0.717, 1.165) is 20.0 Å². The molecule has 0 fully saturated rings. The van der Waals surface area contributed by atoms with Crippen molar-refractivity contribution in [2.24, 2.45) is 5.10 Å². The molecule has 0 saturated heterocycles. The molecule has 2 aromatic carbocycles. The molecule has 3 aromatic rings. The zero-order chi connectivity index (χ0) is 22.7. The number of carbonyl (C=O) groups is 1. The van der Waals surface area contributed by atoms with Crippen molar-refractivity contribution >= 4 is 61.6 Å². The van der Waals surface area contributed by atoms with Crippen LogP contribution in [0.15, 0.2) is 50.8 Å². The second kappa shape index (κ2) is 9.90. The van der Waals surface area contributed by atoms with Gasteiger partial charge in [-0.3, -0.25) is 4.79 Å². The molecule has 0 aliphatic carbocycles. The number of fused-ring (bicyclic) bond motifs is 1. The van der Waals surface area contributed by atoms with Gasteiger partial charge < -0.3 is 9.84 Å². The van der Waals surface area contributed by atoms with E-state index >= 15 is 0 Å². The summed E-state index contributed by atoms with van der Waals surface area (Å²) in [6.45, 7) is 5.52. The van der Waals surface area contributed by atoms with E-state index in [9.17, 15) is 9.59 Å². The predicted octanol–water partition coefficient (Wildman–Crippen LogP) is 5.01. The molecule has 1 aromatic heterocycles. The van der Waals surface area contributed by atoms with Crippen molar-refractivity contribution in [2.75, 3.05) is 0 Å². The number of aliphatic carboxylic acids is 1. The van der Waals surface area contributed by atoms with E-state index in [4.69, 9.17) is 14.8 Å². The SMILES string of the molecule is CC[C@@H](C)c1nc2ccc(Br)cc2c(=O)n1N=Cc1ccc(O[C@H](C)C(=O)O)c(I)c1. The number of aromatic nitrogens is 2. The lowest BCUT2D eigenvalue weighted by atomic mass is 10.1. The molecule has 0 unspecified atom stereocenters. The average molecular weight is 598 g/mol. The monoisotopic (exact) mass is 597 g/mol. The Morgan fingerprint density at radius 3 is 2.71 bits per heavy atom. The van der Waals surface area contributed by atoms with Crippen LogP contribution in [0.1, 0.15) is 44.5 Å². The number of hydrogen-bond donors (Lipinski definition) is 1. The van der Waals surface area contributed by atoms with Gasteiger partial charge in [0.25, 0.3) is 5.56 Å². The molecule has 0 aliphatic heterocycles. The summed E-state index contributed by atoms with van der Waals surface area (Å²) in [7, 11) is 0. The normalized spacial score (nSPS) is 13.5. The Morgan fingerprint density at radius 2 is 2.06 bits per heavy atom. The topological polar surface area (TPSA) is 93.8 Å². The van der Waals surface area contributed by atoms with Crippen LogP contribution in [-0.2, 0) is 4.79 Å². The van der Waals surface area contributed by atoms with Crippen molar-refractivity contribution in [3.8, 4) is 5.75 Å². The lowest BCUT2D eigenvalue weighted by Crippen LogP contribution is -2.24. The molecular formula is C22H21BrIN3O4. The second-order valence-electron chi connectivity index (χ2n) is 7.09. The summed E-state index contributed by atoms with van der Waals surface area (Å²) in [5, 5.41) is 14.0. The first-order chi connectivity index (χ1) is 14.7. The summed E-state index contributed by atoms with van der Waals surface area (Å²) in [4.78, 5) is 28.9. The molecule has 31 heavy (non-hydrogen) atoms. The minimum atomic E-state index is -1.03. The highest BCUT2D eigenvalue weighted by atomic mass is 127. The number of nitrogens with zero attached hydrogens (tertiary/aromatic N) is 3. The van der Waals surface area contributed by atoms with Crippen LogP contribution in [0.5, 0.6) is 5.75 Å². The van der Waals surface area contributed by atoms with Crippen molar-refractivity contribution < 1.29 is 14.6 Å². The van der Waals surface area contributed by atoms with Crippen molar-refractivity contribution in [2.45, 2.75) is 39.2 Å². The molecule has 2 atom stereocenters. The summed E-state index contributed by atoms with van der Waals surface area (Å²) in [6, 6.07) is 10.7. The fourth-order valence-corrected chi connectivity index (χ4v) is 3.86. The Balaban J connectivity index is 2.02. The number of halogens is 2. The highest BCUT2D eigenvalue weighted by Gasteiger charge is 2.16. The van der Waals surface area contributed by atoms with E-state index in [0.29, 0.717) is 22.5 Å². The fourth-order valence-electron chi connectivity index (χ4n) is 2.84. The van der Waals surface area contributed by atoms with Gasteiger partial charge in [-0.2, -0.15) is 9.78 Å². The molecule has 0 bridgehead atoms. The Labute approximate surface area is 201 Å². The summed E-state index contributed by atoms with van der Waals surface area (Å²) < 4.78 is 8.34. The Kier molecular flexibility index (Phi) is 7.47. The smallest absolute Gasteiger partial charge is 0.344 e. The van der Waals surface area contributed by atoms with Crippen molar-refractivity contribution in [1.82, 2.24) is 9.66 Å². The molecule has 162 valence electrons. The molecule has 0 aliphatic rings. The summed E-state index contributed by atoms with van der Waals surface area (Å²) >= 11 is 5.48. The minimum absolute atomic E-state index is 0.0475. The number of carboxylic acids is 1. The molecule has 3 rings (SSSR count). The van der Waals surface area contributed by atoms with Gasteiger partial charge in [0.1, 0.15) is 11.6 Å². The molecular weight excluding hydrogens is 577 g/mol. The molecule has 0 spiro atoms. The van der Waals surface area contributed by atoms with Crippen LogP contribution >= 0.6 is 38.5 Å². The first-order valence-corrected chi connectivity index (χ1v) is 11.5. The maximum atomic E-state index is 13.2. The van der Waals surface area contributed by atoms with Gasteiger partial charge >= 0.3 is 5.97 Å². The van der Waals surface area contributed by atoms with E-state index in [-0.39, 0.29) is 11.5 Å². The fraction of sp³-hybridized carbons (Fsp3) is 0.273. The molecule has 7 nitrogen and oxygen atoms in total. The maximum Gasteiger partial charge on any atom is 0.344 e. The minimum Gasteiger partial charge on any atom is -0.479 e. The van der Waals surface area contributed by atoms with Crippen molar-refractivity contribution in [3.05, 3.63) is 66.2 Å². The van der Waals surface area contributed by atoms with Gasteiger partial charge in [0.2, 0.25) is 0 Å². The van der Waals surface area contributed by atoms with Gasteiger partial charge in [0, 0.05) is 10.4 Å². The maximum absolute atomic E-state index is 13.2. The Hall–Kier alpha value is -2.27. The lowest BCUT2D eigenvalue weighted by molar-refractivity contribution is -0.144. The highest BCUT2D eigenvalue weighted by Crippen LogP contribution is 2.23. The van der Waals surface area contributed by atoms with Crippen LogP contribution in [-0.4, -0.2) is 33.1 Å². The number of ether oxygens (including phenoxy) is 1. The lowest BCUT2D eigenvalue weighted by Gasteiger charge is -2.14. The van der Waals surface area contributed by atoms with Gasteiger partial charge in [-0.1, -0.05) is 29.8 Å². The van der Waals surface area contributed by atoms with Gasteiger partial charge in [-0.25, -0.2) is 9.78 Å². The third kappa shape index (κ3) is 5.32. The molecule has 0 radical (unpaired) electrons. The highest BCUT2D eigenvalue weighted by molar-refractivity contribution is 14.1. The Bertz CT molecular complexity index is 1230. The predicted molar refractivity (Wildman–Crippen MR) is 132 cm³/mol. The summed E-state index contributed by atoms with van der Waals surface area (Å²) in [5.74, 6) is 0.0889. The van der Waals surface area contributed by atoms with Crippen LogP contribution < -0.4 is 10.3 Å². The number of carboxylic acid groups (broad SMARTS) is 1. The number of benzene rings is 2. The van der Waals surface area contributed by atoms with E-state index in [2.05, 4.69) is 43.6 Å². The van der Waals surface area contributed by atoms with Crippen LogP contribution in [0.25, 0.3) is 10.9 Å². The summed E-state index contributed by atoms with van der Waals surface area (Å²) in [5.41, 5.74) is 1.15. The zero-order valence-corrected chi connectivity index (χ0v) is 20.9. The molecule has 9 heteroatoms. The zero-order valence-electron chi connectivity index (χ0n) is 17.2. The van der Waals surface area contributed by atoms with Gasteiger partial charge in [-0.05, 0) is 77.9 Å². The molecule has 1 N–H and O–H groups in total. The van der Waals surface area contributed by atoms with E-state index < -0.39 is 12.1 Å². The van der Waals surface area contributed by atoms with Gasteiger partial charge in [0.15, 0.2) is 6.10 Å². The van der Waals surface area contributed by atoms with E-state index in [1.54, 1.807) is 24.4 Å². The molecule has 0 saturated carbocycles. The van der Waals surface area contributed by atoms with Gasteiger partial charge in [-0.15, -0.1) is 0 Å². The first kappa shape index (κ1) is 23.4. The van der Waals surface area contributed by atoms with Crippen molar-refractivity contribution in [3.63, 3.8) is 0 Å².